The van der Waals surface area contributed by atoms with Gasteiger partial charge in [0.05, 0.1) is 4.24 Å². The smallest absolute Gasteiger partial charge is 0.268 e. The van der Waals surface area contributed by atoms with Crippen LogP contribution in [0.4, 0.5) is 5.69 Å². The van der Waals surface area contributed by atoms with Crippen molar-refractivity contribution in [3.8, 4) is 0 Å². The van der Waals surface area contributed by atoms with Gasteiger partial charge in [-0.15, -0.1) is 23.5 Å². The van der Waals surface area contributed by atoms with Crippen molar-refractivity contribution in [1.29, 1.82) is 0 Å². The number of allylic oxidation sites excluding steroid dienone is 1. The maximum absolute atomic E-state index is 12.5. The molecule has 0 N–H and O–H groups in total. The standard InChI is InChI=1S/C14H10ClNO2S2/c15-9-1-3-10(4-2-9)16-6-5-11(17)12(13(16)18)14-19-7-8-20-14/h1-6H,7-8H2. The number of carbonyl (C=O) groups excluding carboxylic acids is 2. The fourth-order valence-electron chi connectivity index (χ4n) is 1.97. The summed E-state index contributed by atoms with van der Waals surface area (Å²) in [6, 6.07) is 6.97. The third-order valence-corrected chi connectivity index (χ3v) is 5.88. The van der Waals surface area contributed by atoms with Gasteiger partial charge in [-0.1, -0.05) is 11.6 Å². The Morgan fingerprint density at radius 1 is 1.05 bits per heavy atom. The van der Waals surface area contributed by atoms with E-state index >= 15 is 0 Å². The normalized spacial score (nSPS) is 19.1. The third-order valence-electron chi connectivity index (χ3n) is 2.91. The summed E-state index contributed by atoms with van der Waals surface area (Å²) in [6.07, 6.45) is 2.96. The van der Waals surface area contributed by atoms with Gasteiger partial charge in [0, 0.05) is 34.5 Å². The topological polar surface area (TPSA) is 37.4 Å². The van der Waals surface area contributed by atoms with E-state index in [1.54, 1.807) is 47.8 Å². The van der Waals surface area contributed by atoms with Crippen LogP contribution in [0.25, 0.3) is 0 Å². The van der Waals surface area contributed by atoms with Crippen LogP contribution < -0.4 is 4.90 Å². The predicted molar refractivity (Wildman–Crippen MR) is 85.0 cm³/mol. The van der Waals surface area contributed by atoms with Crippen LogP contribution in [0.3, 0.4) is 0 Å². The second-order valence-electron chi connectivity index (χ2n) is 4.19. The van der Waals surface area contributed by atoms with E-state index < -0.39 is 0 Å². The Balaban J connectivity index is 2.00. The first kappa shape index (κ1) is 13.8. The van der Waals surface area contributed by atoms with Crippen LogP contribution in [0.15, 0.2) is 46.4 Å². The Morgan fingerprint density at radius 3 is 2.35 bits per heavy atom. The minimum atomic E-state index is -0.267. The largest absolute Gasteiger partial charge is 0.289 e. The van der Waals surface area contributed by atoms with Crippen molar-refractivity contribution in [2.45, 2.75) is 0 Å². The third kappa shape index (κ3) is 2.53. The number of carbonyl (C=O) groups is 2. The van der Waals surface area contributed by atoms with Gasteiger partial charge in [-0.25, -0.2) is 0 Å². The zero-order chi connectivity index (χ0) is 14.1. The molecule has 1 aromatic carbocycles. The Labute approximate surface area is 130 Å². The van der Waals surface area contributed by atoms with Crippen molar-refractivity contribution in [3.63, 3.8) is 0 Å². The zero-order valence-corrected chi connectivity index (χ0v) is 12.7. The maximum atomic E-state index is 12.5. The lowest BCUT2D eigenvalue weighted by molar-refractivity contribution is -0.119. The van der Waals surface area contributed by atoms with Crippen LogP contribution in [0, 0.1) is 0 Å². The monoisotopic (exact) mass is 323 g/mol. The number of thioether (sulfide) groups is 2. The van der Waals surface area contributed by atoms with Crippen LogP contribution in [-0.2, 0) is 9.59 Å². The molecule has 0 aliphatic carbocycles. The summed E-state index contributed by atoms with van der Waals surface area (Å²) in [6.45, 7) is 0. The summed E-state index contributed by atoms with van der Waals surface area (Å²) in [5, 5.41) is 0.610. The molecule has 0 radical (unpaired) electrons. The van der Waals surface area contributed by atoms with Gasteiger partial charge in [-0.3, -0.25) is 14.5 Å². The lowest BCUT2D eigenvalue weighted by atomic mass is 10.1. The molecule has 1 saturated heterocycles. The summed E-state index contributed by atoms with van der Waals surface area (Å²) < 4.78 is 0.836. The van der Waals surface area contributed by atoms with Crippen molar-refractivity contribution >= 4 is 52.5 Å². The molecule has 1 aromatic rings. The Bertz CT molecular complexity index is 629. The number of ketones is 1. The van der Waals surface area contributed by atoms with E-state index in [1.165, 1.54) is 17.2 Å². The van der Waals surface area contributed by atoms with Gasteiger partial charge in [-0.2, -0.15) is 0 Å². The molecule has 2 heterocycles. The molecule has 20 heavy (non-hydrogen) atoms. The fourth-order valence-corrected chi connectivity index (χ4v) is 4.63. The fraction of sp³-hybridized carbons (Fsp3) is 0.143. The summed E-state index contributed by atoms with van der Waals surface area (Å²) in [5.41, 5.74) is 0.990. The summed E-state index contributed by atoms with van der Waals surface area (Å²) >= 11 is 9.00. The van der Waals surface area contributed by atoms with Crippen LogP contribution in [0.2, 0.25) is 5.02 Å². The van der Waals surface area contributed by atoms with E-state index in [4.69, 9.17) is 11.6 Å². The van der Waals surface area contributed by atoms with Gasteiger partial charge >= 0.3 is 0 Å². The molecular weight excluding hydrogens is 314 g/mol. The summed E-state index contributed by atoms with van der Waals surface area (Å²) in [7, 11) is 0. The average molecular weight is 324 g/mol. The first-order chi connectivity index (χ1) is 9.66. The molecule has 2 aliphatic rings. The Hall–Kier alpha value is -1.17. The maximum Gasteiger partial charge on any atom is 0.268 e. The quantitative estimate of drug-likeness (QED) is 0.586. The highest BCUT2D eigenvalue weighted by molar-refractivity contribution is 8.25. The Morgan fingerprint density at radius 2 is 1.70 bits per heavy atom. The molecule has 0 saturated carbocycles. The molecule has 102 valence electrons. The first-order valence-electron chi connectivity index (χ1n) is 5.98. The first-order valence-corrected chi connectivity index (χ1v) is 8.33. The highest BCUT2D eigenvalue weighted by atomic mass is 35.5. The number of anilines is 1. The van der Waals surface area contributed by atoms with Crippen LogP contribution in [0.1, 0.15) is 0 Å². The highest BCUT2D eigenvalue weighted by Gasteiger charge is 2.31. The molecule has 2 aliphatic heterocycles. The van der Waals surface area contributed by atoms with Crippen molar-refractivity contribution < 1.29 is 9.59 Å². The molecule has 0 atom stereocenters. The lowest BCUT2D eigenvalue weighted by Gasteiger charge is -2.23. The van der Waals surface area contributed by atoms with Gasteiger partial charge < -0.3 is 0 Å². The van der Waals surface area contributed by atoms with E-state index in [-0.39, 0.29) is 17.3 Å². The number of rotatable bonds is 1. The minimum Gasteiger partial charge on any atom is -0.289 e. The molecule has 1 amide bonds. The van der Waals surface area contributed by atoms with Gasteiger partial charge in [0.15, 0.2) is 5.78 Å². The van der Waals surface area contributed by atoms with Gasteiger partial charge in [0.2, 0.25) is 0 Å². The average Bonchev–Trinajstić information content (AvgIpc) is 2.94. The van der Waals surface area contributed by atoms with Crippen molar-refractivity contribution in [2.75, 3.05) is 16.4 Å². The van der Waals surface area contributed by atoms with Crippen LogP contribution in [0.5, 0.6) is 0 Å². The zero-order valence-electron chi connectivity index (χ0n) is 10.3. The van der Waals surface area contributed by atoms with Crippen molar-refractivity contribution in [1.82, 2.24) is 0 Å². The van der Waals surface area contributed by atoms with Gasteiger partial charge in [-0.05, 0) is 24.3 Å². The van der Waals surface area contributed by atoms with Crippen LogP contribution in [-0.4, -0.2) is 23.2 Å². The van der Waals surface area contributed by atoms with Gasteiger partial charge in [0.25, 0.3) is 5.91 Å². The SMILES string of the molecule is O=C1C=CN(c2ccc(Cl)cc2)C(=O)C1=C1SCCS1. The lowest BCUT2D eigenvalue weighted by Crippen LogP contribution is -2.33. The van der Waals surface area contributed by atoms with Crippen molar-refractivity contribution in [2.24, 2.45) is 0 Å². The molecule has 0 spiro atoms. The molecule has 0 bridgehead atoms. The second kappa shape index (κ2) is 5.68. The molecule has 3 rings (SSSR count). The minimum absolute atomic E-state index is 0.211. The van der Waals surface area contributed by atoms with Crippen molar-refractivity contribution in [3.05, 3.63) is 51.4 Å². The number of benzene rings is 1. The number of nitrogens with zero attached hydrogens (tertiary/aromatic N) is 1. The highest BCUT2D eigenvalue weighted by Crippen LogP contribution is 2.40. The molecular formula is C14H10ClNO2S2. The molecule has 0 aromatic heterocycles. The number of amides is 1. The molecule has 0 unspecified atom stereocenters. The van der Waals surface area contributed by atoms with Gasteiger partial charge in [0.1, 0.15) is 5.57 Å². The van der Waals surface area contributed by atoms with E-state index in [1.807, 2.05) is 0 Å². The van der Waals surface area contributed by atoms with Crippen LogP contribution >= 0.6 is 35.1 Å². The van der Waals surface area contributed by atoms with E-state index in [9.17, 15) is 9.59 Å². The van der Waals surface area contributed by atoms with E-state index in [0.717, 1.165) is 15.7 Å². The number of hydrogen-bond donors (Lipinski definition) is 0. The molecule has 6 heteroatoms. The Kier molecular flexibility index (Phi) is 3.92. The van der Waals surface area contributed by atoms with E-state index in [2.05, 4.69) is 0 Å². The molecule has 1 fully saturated rings. The number of hydrogen-bond acceptors (Lipinski definition) is 4. The summed E-state index contributed by atoms with van der Waals surface area (Å²) in [4.78, 5) is 26.0. The summed E-state index contributed by atoms with van der Waals surface area (Å²) in [5.74, 6) is 1.40. The molecule has 3 nitrogen and oxygen atoms in total. The number of halogens is 1. The second-order valence-corrected chi connectivity index (χ2v) is 7.10. The van der Waals surface area contributed by atoms with E-state index in [0.29, 0.717) is 10.7 Å². The predicted octanol–water partition coefficient (Wildman–Crippen LogP) is 3.46.